The molecule has 4 heteroatoms. The number of carbonyl (C=O) groups excluding carboxylic acids is 1. The summed E-state index contributed by atoms with van der Waals surface area (Å²) in [4.78, 5) is 14.5. The molecule has 1 amide bonds. The summed E-state index contributed by atoms with van der Waals surface area (Å²) in [7, 11) is 0. The summed E-state index contributed by atoms with van der Waals surface area (Å²) in [6, 6.07) is 21.4. The van der Waals surface area contributed by atoms with E-state index in [4.69, 9.17) is 4.52 Å². The third kappa shape index (κ3) is 3.66. The van der Waals surface area contributed by atoms with Crippen molar-refractivity contribution in [3.8, 4) is 0 Å². The highest BCUT2D eigenvalue weighted by molar-refractivity contribution is 6.04. The Kier molecular flexibility index (Phi) is 4.52. The molecule has 0 bridgehead atoms. The van der Waals surface area contributed by atoms with Crippen LogP contribution in [0.15, 0.2) is 71.3 Å². The van der Waals surface area contributed by atoms with Gasteiger partial charge in [-0.3, -0.25) is 4.79 Å². The Balaban J connectivity index is 1.83. The first-order valence-corrected chi connectivity index (χ1v) is 7.58. The standard InChI is InChI=1S/C19H18N2O2/c1-15-14-18(20-23-15)19(22)21(17-10-6-3-7-11-17)13-12-16-8-4-2-5-9-16/h2-11,14H,12-13H2,1H3. The van der Waals surface area contributed by atoms with Crippen LogP contribution < -0.4 is 4.90 Å². The van der Waals surface area contributed by atoms with Crippen LogP contribution in [0.1, 0.15) is 21.8 Å². The van der Waals surface area contributed by atoms with Gasteiger partial charge in [-0.05, 0) is 31.0 Å². The summed E-state index contributed by atoms with van der Waals surface area (Å²) in [5.74, 6) is 0.480. The van der Waals surface area contributed by atoms with E-state index in [1.807, 2.05) is 48.5 Å². The molecule has 0 aliphatic rings. The smallest absolute Gasteiger partial charge is 0.280 e. The molecule has 116 valence electrons. The van der Waals surface area contributed by atoms with Crippen LogP contribution >= 0.6 is 0 Å². The molecule has 4 nitrogen and oxygen atoms in total. The molecule has 0 N–H and O–H groups in total. The fraction of sp³-hybridized carbons (Fsp3) is 0.158. The van der Waals surface area contributed by atoms with Crippen molar-refractivity contribution in [2.24, 2.45) is 0 Å². The van der Waals surface area contributed by atoms with Crippen LogP contribution in [0.5, 0.6) is 0 Å². The van der Waals surface area contributed by atoms with Gasteiger partial charge >= 0.3 is 0 Å². The quantitative estimate of drug-likeness (QED) is 0.719. The molecule has 1 heterocycles. The summed E-state index contributed by atoms with van der Waals surface area (Å²) in [6.07, 6.45) is 0.776. The number of hydrogen-bond acceptors (Lipinski definition) is 3. The predicted molar refractivity (Wildman–Crippen MR) is 89.5 cm³/mol. The van der Waals surface area contributed by atoms with Crippen molar-refractivity contribution in [2.45, 2.75) is 13.3 Å². The van der Waals surface area contributed by atoms with E-state index >= 15 is 0 Å². The van der Waals surface area contributed by atoms with Gasteiger partial charge in [-0.1, -0.05) is 53.7 Å². The van der Waals surface area contributed by atoms with Gasteiger partial charge in [-0.2, -0.15) is 0 Å². The Morgan fingerprint density at radius 1 is 1.04 bits per heavy atom. The van der Waals surface area contributed by atoms with E-state index in [0.717, 1.165) is 12.1 Å². The fourth-order valence-electron chi connectivity index (χ4n) is 2.45. The molecule has 3 aromatic rings. The predicted octanol–water partition coefficient (Wildman–Crippen LogP) is 3.87. The average Bonchev–Trinajstić information content (AvgIpc) is 3.03. The first-order valence-electron chi connectivity index (χ1n) is 7.58. The number of rotatable bonds is 5. The number of aromatic nitrogens is 1. The summed E-state index contributed by atoms with van der Waals surface area (Å²) in [5, 5.41) is 3.85. The lowest BCUT2D eigenvalue weighted by atomic mass is 10.1. The maximum Gasteiger partial charge on any atom is 0.280 e. The molecule has 0 saturated carbocycles. The molecule has 0 atom stereocenters. The zero-order chi connectivity index (χ0) is 16.1. The van der Waals surface area contributed by atoms with Gasteiger partial charge in [0, 0.05) is 18.3 Å². The minimum absolute atomic E-state index is 0.149. The van der Waals surface area contributed by atoms with E-state index in [9.17, 15) is 4.79 Å². The van der Waals surface area contributed by atoms with Crippen LogP contribution in [-0.2, 0) is 6.42 Å². The third-order valence-corrected chi connectivity index (χ3v) is 3.63. The van der Waals surface area contributed by atoms with E-state index in [-0.39, 0.29) is 5.91 Å². The van der Waals surface area contributed by atoms with Gasteiger partial charge in [-0.25, -0.2) is 0 Å². The number of aryl methyl sites for hydroxylation is 1. The molecule has 0 spiro atoms. The first kappa shape index (κ1) is 15.0. The number of nitrogens with zero attached hydrogens (tertiary/aromatic N) is 2. The molecule has 0 unspecified atom stereocenters. The highest BCUT2D eigenvalue weighted by Crippen LogP contribution is 2.18. The van der Waals surface area contributed by atoms with Crippen molar-refractivity contribution >= 4 is 11.6 Å². The Hall–Kier alpha value is -2.88. The van der Waals surface area contributed by atoms with Crippen LogP contribution in [0.25, 0.3) is 0 Å². The lowest BCUT2D eigenvalue weighted by molar-refractivity contribution is 0.0978. The molecular formula is C19H18N2O2. The van der Waals surface area contributed by atoms with E-state index in [1.54, 1.807) is 17.9 Å². The fourth-order valence-corrected chi connectivity index (χ4v) is 2.45. The van der Waals surface area contributed by atoms with Gasteiger partial charge in [0.05, 0.1) is 0 Å². The number of carbonyl (C=O) groups is 1. The van der Waals surface area contributed by atoms with E-state index in [1.165, 1.54) is 5.56 Å². The first-order chi connectivity index (χ1) is 11.2. The topological polar surface area (TPSA) is 46.3 Å². The zero-order valence-electron chi connectivity index (χ0n) is 13.0. The van der Waals surface area contributed by atoms with Gasteiger partial charge in [0.2, 0.25) is 0 Å². The molecule has 3 rings (SSSR count). The van der Waals surface area contributed by atoms with Crippen LogP contribution in [0, 0.1) is 6.92 Å². The number of hydrogen-bond donors (Lipinski definition) is 0. The average molecular weight is 306 g/mol. The van der Waals surface area contributed by atoms with E-state index < -0.39 is 0 Å². The van der Waals surface area contributed by atoms with Crippen LogP contribution in [0.3, 0.4) is 0 Å². The van der Waals surface area contributed by atoms with Crippen LogP contribution in [0.2, 0.25) is 0 Å². The molecule has 0 radical (unpaired) electrons. The summed E-state index contributed by atoms with van der Waals surface area (Å²) in [6.45, 7) is 2.36. The Labute approximate surface area is 135 Å². The van der Waals surface area contributed by atoms with E-state index in [0.29, 0.717) is 18.0 Å². The summed E-state index contributed by atoms with van der Waals surface area (Å²) < 4.78 is 5.04. The SMILES string of the molecule is Cc1cc(C(=O)N(CCc2ccccc2)c2ccccc2)no1. The Morgan fingerprint density at radius 3 is 2.30 bits per heavy atom. The second kappa shape index (κ2) is 6.92. The monoisotopic (exact) mass is 306 g/mol. The number of benzene rings is 2. The molecule has 1 aromatic heterocycles. The lowest BCUT2D eigenvalue weighted by Crippen LogP contribution is -2.33. The second-order valence-electron chi connectivity index (χ2n) is 5.35. The molecule has 0 aliphatic heterocycles. The minimum Gasteiger partial charge on any atom is -0.361 e. The zero-order valence-corrected chi connectivity index (χ0v) is 13.0. The van der Waals surface area contributed by atoms with Crippen molar-refractivity contribution in [3.63, 3.8) is 0 Å². The van der Waals surface area contributed by atoms with Crippen molar-refractivity contribution in [1.82, 2.24) is 5.16 Å². The van der Waals surface area contributed by atoms with Gasteiger partial charge in [0.15, 0.2) is 5.69 Å². The van der Waals surface area contributed by atoms with Gasteiger partial charge < -0.3 is 9.42 Å². The molecule has 2 aromatic carbocycles. The van der Waals surface area contributed by atoms with Crippen LogP contribution in [0.4, 0.5) is 5.69 Å². The van der Waals surface area contributed by atoms with Crippen molar-refractivity contribution in [2.75, 3.05) is 11.4 Å². The number of para-hydroxylation sites is 1. The summed E-state index contributed by atoms with van der Waals surface area (Å²) in [5.41, 5.74) is 2.38. The molecular weight excluding hydrogens is 288 g/mol. The summed E-state index contributed by atoms with van der Waals surface area (Å²) >= 11 is 0. The highest BCUT2D eigenvalue weighted by Gasteiger charge is 2.20. The normalized spacial score (nSPS) is 10.5. The van der Waals surface area contributed by atoms with Gasteiger partial charge in [0.25, 0.3) is 5.91 Å². The Morgan fingerprint density at radius 2 is 1.70 bits per heavy atom. The highest BCUT2D eigenvalue weighted by atomic mass is 16.5. The van der Waals surface area contributed by atoms with Crippen molar-refractivity contribution < 1.29 is 9.32 Å². The molecule has 0 saturated heterocycles. The molecule has 0 aliphatic carbocycles. The van der Waals surface area contributed by atoms with Crippen LogP contribution in [-0.4, -0.2) is 17.6 Å². The van der Waals surface area contributed by atoms with Crippen molar-refractivity contribution in [1.29, 1.82) is 0 Å². The number of amides is 1. The Bertz CT molecular complexity index is 766. The van der Waals surface area contributed by atoms with Gasteiger partial charge in [0.1, 0.15) is 5.76 Å². The second-order valence-corrected chi connectivity index (χ2v) is 5.35. The van der Waals surface area contributed by atoms with Crippen molar-refractivity contribution in [3.05, 3.63) is 83.7 Å². The van der Waals surface area contributed by atoms with E-state index in [2.05, 4.69) is 17.3 Å². The van der Waals surface area contributed by atoms with Gasteiger partial charge in [-0.15, -0.1) is 0 Å². The molecule has 0 fully saturated rings. The minimum atomic E-state index is -0.149. The maximum absolute atomic E-state index is 12.8. The third-order valence-electron chi connectivity index (χ3n) is 3.63. The largest absolute Gasteiger partial charge is 0.361 e. The number of anilines is 1. The lowest BCUT2D eigenvalue weighted by Gasteiger charge is -2.21. The molecule has 23 heavy (non-hydrogen) atoms. The maximum atomic E-state index is 12.8.